The van der Waals surface area contributed by atoms with E-state index in [0.717, 1.165) is 18.7 Å². The van der Waals surface area contributed by atoms with Crippen LogP contribution in [0.15, 0.2) is 29.3 Å². The van der Waals surface area contributed by atoms with Crippen LogP contribution in [0.4, 0.5) is 0 Å². The second-order valence-electron chi connectivity index (χ2n) is 6.80. The van der Waals surface area contributed by atoms with Crippen molar-refractivity contribution in [2.24, 2.45) is 0 Å². The predicted octanol–water partition coefficient (Wildman–Crippen LogP) is 2.91. The third-order valence-corrected chi connectivity index (χ3v) is 6.19. The minimum Gasteiger partial charge on any atom is -0.481 e. The minimum absolute atomic E-state index is 0.0790. The average molecular weight is 487 g/mol. The average Bonchev–Trinajstić information content (AvgIpc) is 2.78. The number of hydrogen-bond donors (Lipinski definition) is 1. The fraction of sp³-hybridized carbons (Fsp3) is 0.450. The molecule has 1 aliphatic rings. The number of morpholine rings is 1. The number of carbonyl (C=O) groups is 1. The van der Waals surface area contributed by atoms with E-state index >= 15 is 0 Å². The Morgan fingerprint density at radius 1 is 1.26 bits per heavy atom. The van der Waals surface area contributed by atoms with E-state index in [1.807, 2.05) is 12.1 Å². The lowest BCUT2D eigenvalue weighted by Crippen LogP contribution is -2.47. The van der Waals surface area contributed by atoms with Crippen LogP contribution in [0.25, 0.3) is 0 Å². The number of carbonyl (C=O) groups excluding carboxylic acids is 1. The van der Waals surface area contributed by atoms with Gasteiger partial charge in [-0.05, 0) is 17.7 Å². The Morgan fingerprint density at radius 2 is 2.10 bits per heavy atom. The number of aromatic nitrogens is 2. The molecule has 1 unspecified atom stereocenters. The van der Waals surface area contributed by atoms with Crippen LogP contribution in [0.1, 0.15) is 5.56 Å². The highest BCUT2D eigenvalue weighted by atomic mass is 35.5. The first-order valence-electron chi connectivity index (χ1n) is 9.61. The number of thioether (sulfide) groups is 1. The van der Waals surface area contributed by atoms with E-state index in [4.69, 9.17) is 37.4 Å². The lowest BCUT2D eigenvalue weighted by Gasteiger charge is -2.33. The van der Waals surface area contributed by atoms with Gasteiger partial charge in [0.25, 0.3) is 0 Å². The monoisotopic (exact) mass is 486 g/mol. The summed E-state index contributed by atoms with van der Waals surface area (Å²) in [6, 6.07) is 7.50. The summed E-state index contributed by atoms with van der Waals surface area (Å²) in [4.78, 5) is 22.8. The van der Waals surface area contributed by atoms with Crippen molar-refractivity contribution in [1.82, 2.24) is 20.2 Å². The molecule has 3 rings (SSSR count). The van der Waals surface area contributed by atoms with Gasteiger partial charge in [-0.15, -0.1) is 0 Å². The molecule has 11 heteroatoms. The van der Waals surface area contributed by atoms with Gasteiger partial charge in [-0.25, -0.2) is 0 Å². The largest absolute Gasteiger partial charge is 0.481 e. The Bertz CT molecular complexity index is 883. The molecular formula is C20H24Cl2N4O4S. The highest BCUT2D eigenvalue weighted by Gasteiger charge is 2.21. The number of ether oxygens (including phenoxy) is 3. The Balaban J connectivity index is 1.44. The second kappa shape index (κ2) is 11.7. The quantitative estimate of drug-likeness (QED) is 0.427. The summed E-state index contributed by atoms with van der Waals surface area (Å²) in [6.07, 6.45) is -0.0790. The summed E-state index contributed by atoms with van der Waals surface area (Å²) < 4.78 is 16.0. The van der Waals surface area contributed by atoms with Crippen molar-refractivity contribution in [3.63, 3.8) is 0 Å². The van der Waals surface area contributed by atoms with Gasteiger partial charge in [0.05, 0.1) is 42.7 Å². The van der Waals surface area contributed by atoms with E-state index in [9.17, 15) is 4.79 Å². The van der Waals surface area contributed by atoms with Crippen molar-refractivity contribution in [1.29, 1.82) is 0 Å². The summed E-state index contributed by atoms with van der Waals surface area (Å²) in [5.41, 5.74) is 1.09. The summed E-state index contributed by atoms with van der Waals surface area (Å²) in [7, 11) is 2.99. The van der Waals surface area contributed by atoms with Crippen LogP contribution in [0.5, 0.6) is 11.9 Å². The van der Waals surface area contributed by atoms with Gasteiger partial charge in [-0.3, -0.25) is 9.69 Å². The fourth-order valence-electron chi connectivity index (χ4n) is 3.02. The molecule has 0 spiro atoms. The van der Waals surface area contributed by atoms with E-state index < -0.39 is 0 Å². The SMILES string of the molecule is COc1cc(SCC(=O)NCC2CN(Cc3ccc(Cl)c(Cl)c3)CCO2)nc(OC)n1. The van der Waals surface area contributed by atoms with E-state index in [1.54, 1.807) is 12.1 Å². The summed E-state index contributed by atoms with van der Waals surface area (Å²) in [6.45, 7) is 3.33. The molecular weight excluding hydrogens is 463 g/mol. The summed E-state index contributed by atoms with van der Waals surface area (Å²) >= 11 is 13.4. The van der Waals surface area contributed by atoms with Gasteiger partial charge >= 0.3 is 6.01 Å². The van der Waals surface area contributed by atoms with Crippen LogP contribution in [0.2, 0.25) is 10.0 Å². The Labute approximate surface area is 195 Å². The number of hydrogen-bond acceptors (Lipinski definition) is 8. The van der Waals surface area contributed by atoms with E-state index in [1.165, 1.54) is 26.0 Å². The number of benzene rings is 1. The van der Waals surface area contributed by atoms with Crippen LogP contribution in [-0.4, -0.2) is 73.1 Å². The first kappa shape index (κ1) is 23.9. The lowest BCUT2D eigenvalue weighted by molar-refractivity contribution is -0.119. The number of rotatable bonds is 9. The van der Waals surface area contributed by atoms with Gasteiger partial charge in [0, 0.05) is 32.2 Å². The maximum absolute atomic E-state index is 12.3. The van der Waals surface area contributed by atoms with Gasteiger partial charge in [-0.1, -0.05) is 41.0 Å². The van der Waals surface area contributed by atoms with Crippen LogP contribution < -0.4 is 14.8 Å². The minimum atomic E-state index is -0.105. The Hall–Kier alpha value is -1.78. The molecule has 0 saturated carbocycles. The standard InChI is InChI=1S/C20H24Cl2N4O4S/c1-28-18-8-19(25-20(24-18)29-2)31-12-17(27)23-9-14-11-26(5-6-30-14)10-13-3-4-15(21)16(22)7-13/h3-4,7-8,14H,5-6,9-12H2,1-2H3,(H,23,27). The molecule has 1 amide bonds. The zero-order valence-electron chi connectivity index (χ0n) is 17.3. The molecule has 2 heterocycles. The molecule has 1 fully saturated rings. The van der Waals surface area contributed by atoms with Crippen molar-refractivity contribution < 1.29 is 19.0 Å². The van der Waals surface area contributed by atoms with Crippen LogP contribution in [0.3, 0.4) is 0 Å². The van der Waals surface area contributed by atoms with Crippen molar-refractivity contribution >= 4 is 40.9 Å². The maximum Gasteiger partial charge on any atom is 0.320 e. The number of methoxy groups -OCH3 is 2. The number of nitrogens with zero attached hydrogens (tertiary/aromatic N) is 3. The Morgan fingerprint density at radius 3 is 2.84 bits per heavy atom. The third-order valence-electron chi connectivity index (χ3n) is 4.54. The molecule has 0 radical (unpaired) electrons. The first-order chi connectivity index (χ1) is 15.0. The van der Waals surface area contributed by atoms with Crippen molar-refractivity contribution in [2.75, 3.05) is 46.2 Å². The van der Waals surface area contributed by atoms with E-state index in [-0.39, 0.29) is 23.8 Å². The predicted molar refractivity (Wildman–Crippen MR) is 120 cm³/mol. The van der Waals surface area contributed by atoms with Crippen LogP contribution in [-0.2, 0) is 16.1 Å². The molecule has 1 atom stereocenters. The van der Waals surface area contributed by atoms with Crippen molar-refractivity contribution in [2.45, 2.75) is 17.7 Å². The highest BCUT2D eigenvalue weighted by Crippen LogP contribution is 2.24. The second-order valence-corrected chi connectivity index (χ2v) is 8.61. The highest BCUT2D eigenvalue weighted by molar-refractivity contribution is 7.99. The molecule has 2 aromatic rings. The molecule has 1 N–H and O–H groups in total. The smallest absolute Gasteiger partial charge is 0.320 e. The van der Waals surface area contributed by atoms with Gasteiger partial charge in [0.2, 0.25) is 11.8 Å². The van der Waals surface area contributed by atoms with E-state index in [0.29, 0.717) is 40.6 Å². The van der Waals surface area contributed by atoms with Gasteiger partial charge in [0.1, 0.15) is 5.03 Å². The molecule has 1 aromatic heterocycles. The van der Waals surface area contributed by atoms with Crippen molar-refractivity contribution in [3.05, 3.63) is 39.9 Å². The number of nitrogens with one attached hydrogen (secondary N) is 1. The normalized spacial score (nSPS) is 16.7. The Kier molecular flexibility index (Phi) is 9.03. The molecule has 1 aromatic carbocycles. The summed E-state index contributed by atoms with van der Waals surface area (Å²) in [5.74, 6) is 0.488. The number of amides is 1. The van der Waals surface area contributed by atoms with Gasteiger partial charge < -0.3 is 19.5 Å². The van der Waals surface area contributed by atoms with Gasteiger partial charge in [0.15, 0.2) is 0 Å². The zero-order chi connectivity index (χ0) is 22.2. The maximum atomic E-state index is 12.3. The molecule has 0 aliphatic carbocycles. The molecule has 8 nitrogen and oxygen atoms in total. The van der Waals surface area contributed by atoms with Crippen LogP contribution in [0, 0.1) is 0 Å². The zero-order valence-corrected chi connectivity index (χ0v) is 19.6. The number of halogens is 2. The fourth-order valence-corrected chi connectivity index (χ4v) is 4.04. The third kappa shape index (κ3) is 7.40. The molecule has 1 saturated heterocycles. The van der Waals surface area contributed by atoms with Crippen molar-refractivity contribution in [3.8, 4) is 11.9 Å². The molecule has 31 heavy (non-hydrogen) atoms. The molecule has 168 valence electrons. The topological polar surface area (TPSA) is 85.8 Å². The summed E-state index contributed by atoms with van der Waals surface area (Å²) in [5, 5.41) is 4.62. The van der Waals surface area contributed by atoms with E-state index in [2.05, 4.69) is 20.2 Å². The molecule has 1 aliphatic heterocycles. The van der Waals surface area contributed by atoms with Gasteiger partial charge in [-0.2, -0.15) is 9.97 Å². The molecule has 0 bridgehead atoms. The lowest BCUT2D eigenvalue weighted by atomic mass is 10.2. The van der Waals surface area contributed by atoms with Crippen LogP contribution >= 0.6 is 35.0 Å². The first-order valence-corrected chi connectivity index (χ1v) is 11.4.